The number of hydrogen-bond acceptors (Lipinski definition) is 8. The van der Waals surface area contributed by atoms with Gasteiger partial charge in [-0.2, -0.15) is 0 Å². The summed E-state index contributed by atoms with van der Waals surface area (Å²) in [7, 11) is 0. The van der Waals surface area contributed by atoms with Crippen LogP contribution in [0.3, 0.4) is 0 Å². The Labute approximate surface area is 165 Å². The van der Waals surface area contributed by atoms with Crippen LogP contribution < -0.4 is 10.6 Å². The number of aryl methyl sites for hydroxylation is 1. The van der Waals surface area contributed by atoms with Gasteiger partial charge in [0.05, 0.1) is 24.5 Å². The van der Waals surface area contributed by atoms with Gasteiger partial charge in [0.25, 0.3) is 5.91 Å². The minimum absolute atomic E-state index is 0.250. The van der Waals surface area contributed by atoms with Crippen LogP contribution in [0.25, 0.3) is 0 Å². The van der Waals surface area contributed by atoms with E-state index >= 15 is 0 Å². The first kappa shape index (κ1) is 21.0. The van der Waals surface area contributed by atoms with Crippen molar-refractivity contribution in [2.75, 3.05) is 18.5 Å². The zero-order chi connectivity index (χ0) is 20.7. The number of anilines is 1. The Morgan fingerprint density at radius 1 is 1.04 bits per heavy atom. The number of thiazole rings is 1. The van der Waals surface area contributed by atoms with E-state index in [1.165, 1.54) is 24.3 Å². The molecule has 0 atom stereocenters. The third kappa shape index (κ3) is 5.36. The van der Waals surface area contributed by atoms with E-state index in [0.717, 1.165) is 11.3 Å². The van der Waals surface area contributed by atoms with Crippen LogP contribution in [0.5, 0.6) is 0 Å². The van der Waals surface area contributed by atoms with Gasteiger partial charge in [0, 0.05) is 5.56 Å². The van der Waals surface area contributed by atoms with Crippen molar-refractivity contribution in [1.82, 2.24) is 10.3 Å². The molecular weight excluding hydrogens is 384 g/mol. The molecule has 28 heavy (non-hydrogen) atoms. The summed E-state index contributed by atoms with van der Waals surface area (Å²) in [6.45, 7) is 5.58. The molecular formula is C18H20N4O5S. The molecule has 0 aliphatic rings. The lowest BCUT2D eigenvalue weighted by molar-refractivity contribution is 0.0518. The molecule has 1 amide bonds. The van der Waals surface area contributed by atoms with Crippen molar-refractivity contribution in [2.24, 2.45) is 0 Å². The standard InChI is InChI=1S/C18H20N4O5S/c1-4-26-15(24)12-8-6-11(7-9-12)14(23)21-17(19)22-18-20-10(3)13(28-18)16(25)27-5-2/h6-9H,4-5H2,1-3H3,(H3,19,20,21,22,23). The monoisotopic (exact) mass is 404 g/mol. The number of carbonyl (C=O) groups is 3. The van der Waals surface area contributed by atoms with E-state index in [0.29, 0.717) is 16.1 Å². The summed E-state index contributed by atoms with van der Waals surface area (Å²) in [5, 5.41) is 13.1. The summed E-state index contributed by atoms with van der Waals surface area (Å²) >= 11 is 1.03. The third-order valence-corrected chi connectivity index (χ3v) is 4.44. The largest absolute Gasteiger partial charge is 0.462 e. The van der Waals surface area contributed by atoms with Crippen molar-refractivity contribution < 1.29 is 23.9 Å². The van der Waals surface area contributed by atoms with E-state index in [2.05, 4.69) is 15.6 Å². The summed E-state index contributed by atoms with van der Waals surface area (Å²) in [6, 6.07) is 5.86. The molecule has 0 saturated heterocycles. The van der Waals surface area contributed by atoms with Gasteiger partial charge in [0.2, 0.25) is 5.96 Å². The lowest BCUT2D eigenvalue weighted by Crippen LogP contribution is -2.35. The van der Waals surface area contributed by atoms with Crippen LogP contribution in [-0.4, -0.2) is 42.0 Å². The van der Waals surface area contributed by atoms with Crippen molar-refractivity contribution in [3.63, 3.8) is 0 Å². The minimum Gasteiger partial charge on any atom is -0.462 e. The van der Waals surface area contributed by atoms with Crippen molar-refractivity contribution in [2.45, 2.75) is 20.8 Å². The van der Waals surface area contributed by atoms with Crippen molar-refractivity contribution in [3.05, 3.63) is 46.0 Å². The lowest BCUT2D eigenvalue weighted by Gasteiger charge is -2.07. The van der Waals surface area contributed by atoms with Crippen LogP contribution in [0, 0.1) is 12.3 Å². The van der Waals surface area contributed by atoms with Gasteiger partial charge in [-0.1, -0.05) is 11.3 Å². The zero-order valence-corrected chi connectivity index (χ0v) is 16.4. The van der Waals surface area contributed by atoms with Crippen molar-refractivity contribution >= 4 is 40.3 Å². The number of rotatable bonds is 6. The number of carbonyl (C=O) groups excluding carboxylic acids is 3. The maximum absolute atomic E-state index is 12.2. The third-order valence-electron chi connectivity index (χ3n) is 3.39. The number of esters is 2. The second kappa shape index (κ2) is 9.60. The maximum atomic E-state index is 12.2. The summed E-state index contributed by atoms with van der Waals surface area (Å²) in [5.41, 5.74) is 1.07. The van der Waals surface area contributed by atoms with E-state index in [1.54, 1.807) is 20.8 Å². The SMILES string of the molecule is CCOC(=O)c1ccc(C(=O)NC(=N)Nc2nc(C)c(C(=O)OCC)s2)cc1. The Morgan fingerprint density at radius 2 is 1.61 bits per heavy atom. The van der Waals surface area contributed by atoms with E-state index in [1.807, 2.05) is 0 Å². The molecule has 1 aromatic heterocycles. The molecule has 1 aromatic carbocycles. The van der Waals surface area contributed by atoms with Gasteiger partial charge >= 0.3 is 11.9 Å². The molecule has 0 saturated carbocycles. The molecule has 0 aliphatic heterocycles. The Morgan fingerprint density at radius 3 is 2.21 bits per heavy atom. The number of ether oxygens (including phenoxy) is 2. The Balaban J connectivity index is 1.97. The first-order chi connectivity index (χ1) is 13.3. The van der Waals surface area contributed by atoms with Gasteiger partial charge in [-0.25, -0.2) is 14.6 Å². The normalized spacial score (nSPS) is 10.1. The molecule has 9 nitrogen and oxygen atoms in total. The Bertz CT molecular complexity index is 892. The second-order valence-corrected chi connectivity index (χ2v) is 6.41. The van der Waals surface area contributed by atoms with E-state index < -0.39 is 17.8 Å². The molecule has 0 bridgehead atoms. The topological polar surface area (TPSA) is 130 Å². The van der Waals surface area contributed by atoms with Crippen LogP contribution in [0.1, 0.15) is 49.9 Å². The maximum Gasteiger partial charge on any atom is 0.350 e. The van der Waals surface area contributed by atoms with Gasteiger partial charge in [-0.3, -0.25) is 15.5 Å². The smallest absolute Gasteiger partial charge is 0.350 e. The van der Waals surface area contributed by atoms with Crippen molar-refractivity contribution in [3.8, 4) is 0 Å². The Hall–Kier alpha value is -3.27. The first-order valence-electron chi connectivity index (χ1n) is 8.44. The fraction of sp³-hybridized carbons (Fsp3) is 0.278. The summed E-state index contributed by atoms with van der Waals surface area (Å²) in [5.74, 6) is -1.79. The molecule has 0 fully saturated rings. The van der Waals surface area contributed by atoms with Gasteiger partial charge in [0.1, 0.15) is 4.88 Å². The zero-order valence-electron chi connectivity index (χ0n) is 15.6. The van der Waals surface area contributed by atoms with Gasteiger partial charge in [-0.05, 0) is 45.0 Å². The van der Waals surface area contributed by atoms with Crippen LogP contribution in [0.15, 0.2) is 24.3 Å². The molecule has 3 N–H and O–H groups in total. The van der Waals surface area contributed by atoms with E-state index in [9.17, 15) is 14.4 Å². The molecule has 2 aromatic rings. The summed E-state index contributed by atoms with van der Waals surface area (Å²) < 4.78 is 9.82. The lowest BCUT2D eigenvalue weighted by atomic mass is 10.1. The number of nitrogens with one attached hydrogen (secondary N) is 3. The molecule has 148 valence electrons. The van der Waals surface area contributed by atoms with Gasteiger partial charge in [-0.15, -0.1) is 0 Å². The molecule has 0 radical (unpaired) electrons. The molecule has 10 heteroatoms. The molecule has 0 unspecified atom stereocenters. The fourth-order valence-corrected chi connectivity index (χ4v) is 3.00. The number of nitrogens with zero attached hydrogens (tertiary/aromatic N) is 1. The highest BCUT2D eigenvalue weighted by molar-refractivity contribution is 7.17. The Kier molecular flexibility index (Phi) is 7.21. The van der Waals surface area contributed by atoms with Gasteiger partial charge < -0.3 is 14.8 Å². The molecule has 2 rings (SSSR count). The van der Waals surface area contributed by atoms with E-state index in [4.69, 9.17) is 14.9 Å². The molecule has 0 aliphatic carbocycles. The van der Waals surface area contributed by atoms with Crippen LogP contribution in [-0.2, 0) is 9.47 Å². The minimum atomic E-state index is -0.535. The number of amides is 1. The van der Waals surface area contributed by atoms with Crippen molar-refractivity contribution in [1.29, 1.82) is 5.41 Å². The number of guanidine groups is 1. The molecule has 1 heterocycles. The van der Waals surface area contributed by atoms with Crippen LogP contribution in [0.4, 0.5) is 5.13 Å². The predicted molar refractivity (Wildman–Crippen MR) is 104 cm³/mol. The highest BCUT2D eigenvalue weighted by atomic mass is 32.1. The number of aromatic nitrogens is 1. The highest BCUT2D eigenvalue weighted by Crippen LogP contribution is 2.23. The molecule has 0 spiro atoms. The average Bonchev–Trinajstić information content (AvgIpc) is 3.02. The summed E-state index contributed by atoms with van der Waals surface area (Å²) in [6.07, 6.45) is 0. The average molecular weight is 404 g/mol. The number of hydrogen-bond donors (Lipinski definition) is 3. The first-order valence-corrected chi connectivity index (χ1v) is 9.26. The summed E-state index contributed by atoms with van der Waals surface area (Å²) in [4.78, 5) is 40.1. The van der Waals surface area contributed by atoms with Gasteiger partial charge in [0.15, 0.2) is 5.13 Å². The highest BCUT2D eigenvalue weighted by Gasteiger charge is 2.17. The van der Waals surface area contributed by atoms with Crippen LogP contribution in [0.2, 0.25) is 0 Å². The second-order valence-electron chi connectivity index (χ2n) is 5.41. The number of benzene rings is 1. The predicted octanol–water partition coefficient (Wildman–Crippen LogP) is 2.58. The fourth-order valence-electron chi connectivity index (χ4n) is 2.13. The quantitative estimate of drug-likeness (QED) is 0.383. The van der Waals surface area contributed by atoms with E-state index in [-0.39, 0.29) is 29.9 Å². The van der Waals surface area contributed by atoms with Crippen LogP contribution >= 0.6 is 11.3 Å².